The molecule has 0 aliphatic heterocycles. The molecule has 0 amide bonds. The maximum absolute atomic E-state index is 5.66. The minimum Gasteiger partial charge on any atom is -0.123 e. The zero-order chi connectivity index (χ0) is 10.8. The Morgan fingerprint density at radius 1 is 1.21 bits per heavy atom. The van der Waals surface area contributed by atoms with Gasteiger partial charge in [0.15, 0.2) is 0 Å². The van der Waals surface area contributed by atoms with Crippen LogP contribution in [-0.2, 0) is 0 Å². The predicted octanol–water partition coefficient (Wildman–Crippen LogP) is 4.80. The third-order valence-corrected chi connectivity index (χ3v) is 2.11. The van der Waals surface area contributed by atoms with Gasteiger partial charge in [-0.05, 0) is 20.3 Å². The Morgan fingerprint density at radius 3 is 2.00 bits per heavy atom. The van der Waals surface area contributed by atoms with Crippen molar-refractivity contribution in [2.24, 2.45) is 0 Å². The molecule has 1 aromatic carbocycles. The summed E-state index contributed by atoms with van der Waals surface area (Å²) in [7, 11) is 0. The molecule has 1 aromatic rings. The first-order valence-corrected chi connectivity index (χ1v) is 5.76. The van der Waals surface area contributed by atoms with Crippen molar-refractivity contribution in [3.05, 3.63) is 35.9 Å². The molecule has 1 atom stereocenters. The van der Waals surface area contributed by atoms with E-state index in [9.17, 15) is 0 Å². The van der Waals surface area contributed by atoms with Crippen LogP contribution in [0.25, 0.3) is 0 Å². The van der Waals surface area contributed by atoms with E-state index < -0.39 is 0 Å². The number of alkyl halides is 1. The van der Waals surface area contributed by atoms with Gasteiger partial charge in [0.1, 0.15) is 0 Å². The van der Waals surface area contributed by atoms with Crippen LogP contribution in [0.1, 0.15) is 38.7 Å². The molecule has 1 unspecified atom stereocenters. The van der Waals surface area contributed by atoms with E-state index in [1.165, 1.54) is 18.4 Å². The van der Waals surface area contributed by atoms with Crippen LogP contribution in [0, 0.1) is 6.92 Å². The highest BCUT2D eigenvalue weighted by molar-refractivity contribution is 6.20. The van der Waals surface area contributed by atoms with Gasteiger partial charge in [-0.25, -0.2) is 0 Å². The Morgan fingerprint density at radius 2 is 1.79 bits per heavy atom. The average Bonchev–Trinajstić information content (AvgIpc) is 2.17. The largest absolute Gasteiger partial charge is 0.123 e. The minimum absolute atomic E-state index is 0.375. The van der Waals surface area contributed by atoms with Crippen molar-refractivity contribution in [1.29, 1.82) is 0 Å². The number of hydrogen-bond donors (Lipinski definition) is 0. The summed E-state index contributed by atoms with van der Waals surface area (Å²) in [6, 6.07) is 10.3. The van der Waals surface area contributed by atoms with Crippen molar-refractivity contribution in [1.82, 2.24) is 0 Å². The van der Waals surface area contributed by atoms with Crippen LogP contribution in [0.2, 0.25) is 0 Å². The molecule has 1 rings (SSSR count). The van der Waals surface area contributed by atoms with Crippen molar-refractivity contribution in [2.75, 3.05) is 0 Å². The molecule has 0 bridgehead atoms. The second kappa shape index (κ2) is 9.08. The Hall–Kier alpha value is -0.490. The smallest absolute Gasteiger partial charge is 0.0307 e. The summed E-state index contributed by atoms with van der Waals surface area (Å²) in [5, 5.41) is 0.375. The van der Waals surface area contributed by atoms with Crippen LogP contribution in [0.3, 0.4) is 0 Å². The zero-order valence-corrected chi connectivity index (χ0v) is 10.2. The second-order valence-electron chi connectivity index (χ2n) is 3.58. The summed E-state index contributed by atoms with van der Waals surface area (Å²) in [6.07, 6.45) is 3.69. The van der Waals surface area contributed by atoms with Gasteiger partial charge in [-0.1, -0.05) is 55.7 Å². The fourth-order valence-electron chi connectivity index (χ4n) is 1.02. The molecule has 80 valence electrons. The van der Waals surface area contributed by atoms with Crippen LogP contribution in [0.5, 0.6) is 0 Å². The molecule has 0 aromatic heterocycles. The quantitative estimate of drug-likeness (QED) is 0.632. The van der Waals surface area contributed by atoms with Gasteiger partial charge in [0.2, 0.25) is 0 Å². The third-order valence-electron chi connectivity index (χ3n) is 1.90. The first kappa shape index (κ1) is 13.5. The van der Waals surface area contributed by atoms with Gasteiger partial charge in [0.05, 0.1) is 0 Å². The predicted molar refractivity (Wildman–Crippen MR) is 66.0 cm³/mol. The van der Waals surface area contributed by atoms with Gasteiger partial charge >= 0.3 is 0 Å². The Balaban J connectivity index is 0.000000241. The molecule has 0 saturated carbocycles. The number of unbranched alkanes of at least 4 members (excludes halogenated alkanes) is 1. The maximum Gasteiger partial charge on any atom is 0.0307 e. The van der Waals surface area contributed by atoms with E-state index >= 15 is 0 Å². The topological polar surface area (TPSA) is 0 Å². The number of halogens is 1. The van der Waals surface area contributed by atoms with Crippen molar-refractivity contribution in [2.45, 2.75) is 45.4 Å². The summed E-state index contributed by atoms with van der Waals surface area (Å²) in [6.45, 7) is 6.30. The number of aryl methyl sites for hydroxylation is 1. The molecule has 0 aliphatic carbocycles. The van der Waals surface area contributed by atoms with E-state index in [1.54, 1.807) is 0 Å². The van der Waals surface area contributed by atoms with E-state index in [0.29, 0.717) is 5.38 Å². The van der Waals surface area contributed by atoms with Crippen LogP contribution >= 0.6 is 11.6 Å². The molecule has 0 heterocycles. The number of hydrogen-bond acceptors (Lipinski definition) is 0. The van der Waals surface area contributed by atoms with Gasteiger partial charge in [0, 0.05) is 5.38 Å². The van der Waals surface area contributed by atoms with E-state index in [1.807, 2.05) is 25.1 Å². The van der Waals surface area contributed by atoms with Gasteiger partial charge in [-0.2, -0.15) is 0 Å². The van der Waals surface area contributed by atoms with E-state index in [-0.39, 0.29) is 0 Å². The number of benzene rings is 1. The maximum atomic E-state index is 5.66. The fraction of sp³-hybridized carbons (Fsp3) is 0.538. The summed E-state index contributed by atoms with van der Waals surface area (Å²) >= 11 is 5.66. The lowest BCUT2D eigenvalue weighted by atomic mass is 10.2. The molecule has 1 heteroatoms. The van der Waals surface area contributed by atoms with Gasteiger partial charge in [-0.15, -0.1) is 11.6 Å². The summed E-state index contributed by atoms with van der Waals surface area (Å²) in [4.78, 5) is 0. The van der Waals surface area contributed by atoms with Crippen molar-refractivity contribution >= 4 is 11.6 Å². The highest BCUT2D eigenvalue weighted by Gasteiger charge is 1.91. The van der Waals surface area contributed by atoms with Gasteiger partial charge in [0.25, 0.3) is 0 Å². The van der Waals surface area contributed by atoms with Crippen molar-refractivity contribution < 1.29 is 0 Å². The van der Waals surface area contributed by atoms with Crippen LogP contribution < -0.4 is 0 Å². The Bertz CT molecular complexity index is 204. The van der Waals surface area contributed by atoms with Crippen molar-refractivity contribution in [3.8, 4) is 0 Å². The molecule has 14 heavy (non-hydrogen) atoms. The third kappa shape index (κ3) is 9.60. The first-order valence-electron chi connectivity index (χ1n) is 5.32. The zero-order valence-electron chi connectivity index (χ0n) is 9.46. The summed E-state index contributed by atoms with van der Waals surface area (Å²) < 4.78 is 0. The monoisotopic (exact) mass is 212 g/mol. The molecule has 0 radical (unpaired) electrons. The lowest BCUT2D eigenvalue weighted by molar-refractivity contribution is 0.708. The lowest BCUT2D eigenvalue weighted by Crippen LogP contribution is -1.87. The Kier molecular flexibility index (Phi) is 8.76. The highest BCUT2D eigenvalue weighted by atomic mass is 35.5. The average molecular weight is 213 g/mol. The van der Waals surface area contributed by atoms with Gasteiger partial charge < -0.3 is 0 Å². The lowest BCUT2D eigenvalue weighted by Gasteiger charge is -1.96. The molecule has 0 saturated heterocycles. The SMILES string of the molecule is CCCCC(C)Cl.Cc1ccccc1. The standard InChI is InChI=1S/C7H8.C6H13Cl/c1-7-5-3-2-4-6-7;1-3-4-5-6(2)7/h2-6H,1H3;6H,3-5H2,1-2H3. The van der Waals surface area contributed by atoms with E-state index in [2.05, 4.69) is 26.0 Å². The second-order valence-corrected chi connectivity index (χ2v) is 4.32. The van der Waals surface area contributed by atoms with E-state index in [0.717, 1.165) is 6.42 Å². The summed E-state index contributed by atoms with van der Waals surface area (Å²) in [5.74, 6) is 0. The molecule has 0 aliphatic rings. The van der Waals surface area contributed by atoms with Crippen LogP contribution in [0.4, 0.5) is 0 Å². The van der Waals surface area contributed by atoms with Gasteiger partial charge in [-0.3, -0.25) is 0 Å². The van der Waals surface area contributed by atoms with Crippen molar-refractivity contribution in [3.63, 3.8) is 0 Å². The highest BCUT2D eigenvalue weighted by Crippen LogP contribution is 2.04. The fourth-order valence-corrected chi connectivity index (χ4v) is 1.17. The summed E-state index contributed by atoms with van der Waals surface area (Å²) in [5.41, 5.74) is 1.32. The molecular weight excluding hydrogens is 192 g/mol. The number of rotatable bonds is 3. The van der Waals surface area contributed by atoms with E-state index in [4.69, 9.17) is 11.6 Å². The molecule has 0 spiro atoms. The molecule has 0 nitrogen and oxygen atoms in total. The minimum atomic E-state index is 0.375. The normalized spacial score (nSPS) is 11.4. The molecular formula is C13H21Cl. The van der Waals surface area contributed by atoms with Crippen LogP contribution in [-0.4, -0.2) is 5.38 Å². The Labute approximate surface area is 93.3 Å². The first-order chi connectivity index (χ1) is 6.66. The van der Waals surface area contributed by atoms with Crippen LogP contribution in [0.15, 0.2) is 30.3 Å². The molecule has 0 fully saturated rings. The molecule has 0 N–H and O–H groups in total.